The van der Waals surface area contributed by atoms with Crippen LogP contribution in [0.3, 0.4) is 0 Å². The molecular weight excluding hydrogens is 379 g/mol. The van der Waals surface area contributed by atoms with Crippen LogP contribution in [0.2, 0.25) is 0 Å². The van der Waals surface area contributed by atoms with Gasteiger partial charge in [0.25, 0.3) is 0 Å². The van der Waals surface area contributed by atoms with Crippen LogP contribution in [0.5, 0.6) is 23.0 Å². The van der Waals surface area contributed by atoms with Crippen LogP contribution < -0.4 is 60.9 Å². The van der Waals surface area contributed by atoms with Gasteiger partial charge in [-0.3, -0.25) is 4.79 Å². The number of benzene rings is 2. The first kappa shape index (κ1) is 21.9. The molecule has 10 heteroatoms. The first-order chi connectivity index (χ1) is 11.2. The van der Waals surface area contributed by atoms with E-state index in [1.165, 1.54) is 25.3 Å². The molecule has 0 saturated heterocycles. The van der Waals surface area contributed by atoms with Crippen molar-refractivity contribution in [3.05, 3.63) is 41.5 Å². The summed E-state index contributed by atoms with van der Waals surface area (Å²) < 4.78 is 43.5. The number of phenols is 2. The number of ketones is 1. The summed E-state index contributed by atoms with van der Waals surface area (Å²) in [6.07, 6.45) is 0. The van der Waals surface area contributed by atoms with Gasteiger partial charge in [0.1, 0.15) is 33.1 Å². The zero-order valence-corrected chi connectivity index (χ0v) is 17.6. The van der Waals surface area contributed by atoms with Crippen molar-refractivity contribution in [2.45, 2.75) is 4.90 Å². The van der Waals surface area contributed by atoms with E-state index in [2.05, 4.69) is 0 Å². The SMILES string of the molecule is COc1ccc(C(=O)c2cc(S(=O)(=O)[O-])c(OC)cc2O)c(O)c1.[K+]. The van der Waals surface area contributed by atoms with E-state index in [0.29, 0.717) is 11.8 Å². The molecule has 0 heterocycles. The molecule has 2 rings (SSSR count). The molecule has 25 heavy (non-hydrogen) atoms. The first-order valence-corrected chi connectivity index (χ1v) is 7.88. The molecule has 0 aromatic heterocycles. The predicted molar refractivity (Wildman–Crippen MR) is 80.7 cm³/mol. The molecule has 0 amide bonds. The number of hydrogen-bond donors (Lipinski definition) is 2. The second-order valence-corrected chi connectivity index (χ2v) is 6.03. The molecule has 0 spiro atoms. The van der Waals surface area contributed by atoms with E-state index in [1.54, 1.807) is 0 Å². The summed E-state index contributed by atoms with van der Waals surface area (Å²) in [4.78, 5) is 11.7. The van der Waals surface area contributed by atoms with Gasteiger partial charge in [0.2, 0.25) is 5.78 Å². The van der Waals surface area contributed by atoms with E-state index in [0.717, 1.165) is 13.2 Å². The van der Waals surface area contributed by atoms with Crippen molar-refractivity contribution in [3.8, 4) is 23.0 Å². The van der Waals surface area contributed by atoms with Crippen molar-refractivity contribution < 1.29 is 88.8 Å². The molecule has 0 aliphatic carbocycles. The third kappa shape index (κ3) is 4.73. The van der Waals surface area contributed by atoms with Gasteiger partial charge in [0, 0.05) is 12.1 Å². The minimum absolute atomic E-state index is 0. The number of carbonyl (C=O) groups is 1. The van der Waals surface area contributed by atoms with Crippen LogP contribution in [0.4, 0.5) is 0 Å². The molecule has 0 aliphatic heterocycles. The summed E-state index contributed by atoms with van der Waals surface area (Å²) in [5.74, 6) is -2.00. The van der Waals surface area contributed by atoms with E-state index in [-0.39, 0.29) is 56.9 Å². The number of phenolic OH excluding ortho intramolecular Hbond substituents is 2. The van der Waals surface area contributed by atoms with Crippen LogP contribution in [0.25, 0.3) is 0 Å². The molecule has 0 bridgehead atoms. The number of methoxy groups -OCH3 is 2. The fraction of sp³-hybridized carbons (Fsp3) is 0.133. The van der Waals surface area contributed by atoms with Gasteiger partial charge in [0.15, 0.2) is 0 Å². The Kier molecular flexibility index (Phi) is 7.44. The Bertz CT molecular complexity index is 908. The predicted octanol–water partition coefficient (Wildman–Crippen LogP) is -1.75. The summed E-state index contributed by atoms with van der Waals surface area (Å²) in [6.45, 7) is 0. The van der Waals surface area contributed by atoms with Crippen LogP contribution in [0, 0.1) is 0 Å². The number of ether oxygens (including phenoxy) is 2. The van der Waals surface area contributed by atoms with Crippen molar-refractivity contribution in [1.82, 2.24) is 0 Å². The minimum atomic E-state index is -4.94. The zero-order valence-electron chi connectivity index (χ0n) is 13.6. The second kappa shape index (κ2) is 8.49. The third-order valence-corrected chi connectivity index (χ3v) is 4.10. The van der Waals surface area contributed by atoms with E-state index < -0.39 is 43.6 Å². The Morgan fingerprint density at radius 3 is 2.08 bits per heavy atom. The number of hydrogen-bond acceptors (Lipinski definition) is 8. The Morgan fingerprint density at radius 1 is 1.00 bits per heavy atom. The first-order valence-electron chi connectivity index (χ1n) is 6.47. The third-order valence-electron chi connectivity index (χ3n) is 3.25. The normalized spacial score (nSPS) is 10.7. The Balaban J connectivity index is 0.00000312. The van der Waals surface area contributed by atoms with Gasteiger partial charge in [-0.25, -0.2) is 8.42 Å². The van der Waals surface area contributed by atoms with Gasteiger partial charge in [-0.15, -0.1) is 0 Å². The number of rotatable bonds is 5. The standard InChI is InChI=1S/C15H14O8S.K/c1-22-8-3-4-9(11(16)5-8)15(18)10-6-14(24(19,20)21)13(23-2)7-12(10)17;/h3-7,16-17H,1-2H3,(H,19,20,21);/q;+1/p-1. The van der Waals surface area contributed by atoms with Crippen molar-refractivity contribution in [2.75, 3.05) is 14.2 Å². The van der Waals surface area contributed by atoms with Gasteiger partial charge in [-0.1, -0.05) is 0 Å². The average molecular weight is 392 g/mol. The van der Waals surface area contributed by atoms with E-state index in [9.17, 15) is 28.0 Å². The minimum Gasteiger partial charge on any atom is -0.744 e. The molecule has 0 atom stereocenters. The smallest absolute Gasteiger partial charge is 0.744 e. The Labute approximate surface area is 186 Å². The number of carbonyl (C=O) groups excluding carboxylic acids is 1. The van der Waals surface area contributed by atoms with Crippen LogP contribution >= 0.6 is 0 Å². The van der Waals surface area contributed by atoms with Crippen LogP contribution in [0.15, 0.2) is 35.2 Å². The van der Waals surface area contributed by atoms with Gasteiger partial charge in [-0.2, -0.15) is 0 Å². The summed E-state index contributed by atoms with van der Waals surface area (Å²) >= 11 is 0. The molecule has 2 aromatic rings. The van der Waals surface area contributed by atoms with Gasteiger partial charge >= 0.3 is 51.4 Å². The molecular formula is C15H13KO8S. The van der Waals surface area contributed by atoms with Crippen molar-refractivity contribution in [1.29, 1.82) is 0 Å². The van der Waals surface area contributed by atoms with Crippen molar-refractivity contribution in [3.63, 3.8) is 0 Å². The fourth-order valence-corrected chi connectivity index (χ4v) is 2.71. The summed E-state index contributed by atoms with van der Waals surface area (Å²) in [6, 6.07) is 5.38. The maximum Gasteiger partial charge on any atom is 1.00 e. The molecule has 0 aliphatic rings. The molecule has 0 radical (unpaired) electrons. The quantitative estimate of drug-likeness (QED) is 0.348. The van der Waals surface area contributed by atoms with Crippen molar-refractivity contribution >= 4 is 15.9 Å². The monoisotopic (exact) mass is 392 g/mol. The number of aromatic hydroxyl groups is 2. The van der Waals surface area contributed by atoms with E-state index >= 15 is 0 Å². The summed E-state index contributed by atoms with van der Waals surface area (Å²) in [7, 11) is -2.46. The van der Waals surface area contributed by atoms with E-state index in [1.807, 2.05) is 0 Å². The fourth-order valence-electron chi connectivity index (χ4n) is 2.06. The maximum absolute atomic E-state index is 12.5. The molecule has 2 N–H and O–H groups in total. The van der Waals surface area contributed by atoms with Crippen LogP contribution in [-0.2, 0) is 10.1 Å². The average Bonchev–Trinajstić information content (AvgIpc) is 2.52. The van der Waals surface area contributed by atoms with Crippen molar-refractivity contribution in [2.24, 2.45) is 0 Å². The van der Waals surface area contributed by atoms with Gasteiger partial charge in [-0.05, 0) is 18.2 Å². The van der Waals surface area contributed by atoms with Crippen LogP contribution in [-0.4, -0.2) is 43.2 Å². The zero-order chi connectivity index (χ0) is 18.1. The summed E-state index contributed by atoms with van der Waals surface area (Å²) in [5, 5.41) is 19.8. The second-order valence-electron chi connectivity index (χ2n) is 4.69. The van der Waals surface area contributed by atoms with Gasteiger partial charge < -0.3 is 24.2 Å². The topological polar surface area (TPSA) is 133 Å². The summed E-state index contributed by atoms with van der Waals surface area (Å²) in [5.41, 5.74) is -0.670. The maximum atomic E-state index is 12.5. The van der Waals surface area contributed by atoms with Gasteiger partial charge in [0.05, 0.1) is 30.2 Å². The molecule has 0 unspecified atom stereocenters. The molecule has 128 valence electrons. The Morgan fingerprint density at radius 2 is 1.60 bits per heavy atom. The molecule has 0 saturated carbocycles. The molecule has 8 nitrogen and oxygen atoms in total. The van der Waals surface area contributed by atoms with Crippen LogP contribution in [0.1, 0.15) is 15.9 Å². The Hall–Kier alpha value is -1.14. The largest absolute Gasteiger partial charge is 1.00 e. The molecule has 2 aromatic carbocycles. The molecule has 0 fully saturated rings. The van der Waals surface area contributed by atoms with E-state index in [4.69, 9.17) is 9.47 Å².